The Kier molecular flexibility index (Phi) is 9.38. The van der Waals surface area contributed by atoms with E-state index in [9.17, 15) is 9.59 Å². The smallest absolute Gasteiger partial charge is 0.677 e. The zero-order valence-electron chi connectivity index (χ0n) is 28.8. The second-order valence-electron chi connectivity index (χ2n) is 12.9. The van der Waals surface area contributed by atoms with E-state index in [1.54, 1.807) is 0 Å². The number of allylic oxidation sites excluding steroid dienone is 4. The van der Waals surface area contributed by atoms with Crippen LogP contribution in [0.15, 0.2) is 62.0 Å². The number of nitrogens with zero attached hydrogens (tertiary/aromatic N) is 5. The first-order chi connectivity index (χ1) is 23.1. The zero-order valence-corrected chi connectivity index (χ0v) is 29.8. The summed E-state index contributed by atoms with van der Waals surface area (Å²) in [6.07, 6.45) is 14.6. The summed E-state index contributed by atoms with van der Waals surface area (Å²) in [5, 5.41) is 5.36. The van der Waals surface area contributed by atoms with E-state index in [2.05, 4.69) is 45.1 Å². The molecule has 49 heavy (non-hydrogen) atoms. The number of hydrogen-bond donors (Lipinski definition) is 0. The summed E-state index contributed by atoms with van der Waals surface area (Å²) in [6.45, 7) is 10.5. The molecule has 0 radical (unpaired) electrons. The van der Waals surface area contributed by atoms with Crippen molar-refractivity contribution in [1.29, 1.82) is 0 Å². The van der Waals surface area contributed by atoms with Crippen LogP contribution in [-0.4, -0.2) is 48.6 Å². The monoisotopic (exact) mass is 699 g/mol. The third-order valence-corrected chi connectivity index (χ3v) is 10.3. The minimum Gasteiger partial charge on any atom is -0.677 e. The van der Waals surface area contributed by atoms with Gasteiger partial charge in [0, 0.05) is 36.1 Å². The number of carbonyl (C=O) groups excluding carboxylic acids is 2. The van der Waals surface area contributed by atoms with Gasteiger partial charge in [-0.05, 0) is 69.7 Å². The van der Waals surface area contributed by atoms with Gasteiger partial charge < -0.3 is 19.8 Å². The molecule has 0 N–H and O–H groups in total. The molecule has 8 bridgehead atoms. The third kappa shape index (κ3) is 5.80. The van der Waals surface area contributed by atoms with E-state index in [0.717, 1.165) is 96.6 Å². The van der Waals surface area contributed by atoms with Crippen LogP contribution >= 0.6 is 0 Å². The van der Waals surface area contributed by atoms with Crippen molar-refractivity contribution in [3.63, 3.8) is 0 Å². The van der Waals surface area contributed by atoms with Gasteiger partial charge in [-0.1, -0.05) is 59.5 Å². The van der Waals surface area contributed by atoms with Gasteiger partial charge in [-0.2, -0.15) is 0 Å². The van der Waals surface area contributed by atoms with Crippen LogP contribution in [0.25, 0.3) is 29.2 Å². The summed E-state index contributed by atoms with van der Waals surface area (Å²) in [7, 11) is 2.81. The Labute approximate surface area is 297 Å². The van der Waals surface area contributed by atoms with E-state index in [4.69, 9.17) is 34.7 Å². The summed E-state index contributed by atoms with van der Waals surface area (Å²) in [6, 6.07) is -0.0968. The van der Waals surface area contributed by atoms with Crippen LogP contribution in [0, 0.1) is 19.8 Å². The Balaban J connectivity index is 0.00000417. The Morgan fingerprint density at radius 2 is 1.59 bits per heavy atom. The molecule has 0 amide bonds. The van der Waals surface area contributed by atoms with Crippen LogP contribution in [0.4, 0.5) is 0 Å². The van der Waals surface area contributed by atoms with Crippen molar-refractivity contribution in [3.8, 4) is 0 Å². The van der Waals surface area contributed by atoms with Gasteiger partial charge in [-0.25, -0.2) is 4.99 Å². The molecule has 10 heteroatoms. The molecule has 0 saturated heterocycles. The Morgan fingerprint density at radius 3 is 2.31 bits per heavy atom. The van der Waals surface area contributed by atoms with Crippen molar-refractivity contribution in [2.24, 2.45) is 15.9 Å². The fourth-order valence-electron chi connectivity index (χ4n) is 7.55. The maximum absolute atomic E-state index is 12.3. The predicted molar refractivity (Wildman–Crippen MR) is 188 cm³/mol. The topological polar surface area (TPSA) is 118 Å². The molecule has 6 heterocycles. The van der Waals surface area contributed by atoms with Gasteiger partial charge >= 0.3 is 28.4 Å². The van der Waals surface area contributed by atoms with Crippen LogP contribution < -0.4 is 4.98 Å². The molecule has 0 saturated carbocycles. The molecule has 2 aromatic heterocycles. The van der Waals surface area contributed by atoms with E-state index in [0.29, 0.717) is 12.8 Å². The number of methoxy groups -OCH3 is 2. The fraction of sp³-hybridized carbons (Fsp3) is 0.359. The minimum atomic E-state index is -0.282. The number of rotatable bonds is 7. The number of pyridine rings is 1. The summed E-state index contributed by atoms with van der Waals surface area (Å²) >= 11 is 0. The summed E-state index contributed by atoms with van der Waals surface area (Å²) in [4.78, 5) is 45.0. The van der Waals surface area contributed by atoms with Gasteiger partial charge in [0.2, 0.25) is 0 Å². The largest absolute Gasteiger partial charge is 2.00 e. The van der Waals surface area contributed by atoms with Gasteiger partial charge in [0.25, 0.3) is 0 Å². The molecule has 254 valence electrons. The van der Waals surface area contributed by atoms with Crippen molar-refractivity contribution >= 4 is 47.3 Å². The van der Waals surface area contributed by atoms with E-state index in [1.807, 2.05) is 26.1 Å². The van der Waals surface area contributed by atoms with Gasteiger partial charge in [-0.3, -0.25) is 19.6 Å². The molecule has 0 fully saturated rings. The van der Waals surface area contributed by atoms with Crippen molar-refractivity contribution in [2.45, 2.75) is 72.8 Å². The van der Waals surface area contributed by atoms with E-state index >= 15 is 0 Å². The summed E-state index contributed by atoms with van der Waals surface area (Å²) in [5.41, 5.74) is 16.3. The Bertz CT molecular complexity index is 2050. The fourth-order valence-corrected chi connectivity index (χ4v) is 7.55. The molecule has 0 spiro atoms. The number of esters is 2. The van der Waals surface area contributed by atoms with E-state index < -0.39 is 0 Å². The predicted octanol–water partition coefficient (Wildman–Crippen LogP) is 7.15. The van der Waals surface area contributed by atoms with E-state index in [1.165, 1.54) is 19.8 Å². The molecule has 5 aliphatic rings. The number of aliphatic imine (C=N–C) groups is 2. The van der Waals surface area contributed by atoms with Crippen molar-refractivity contribution in [3.05, 3.63) is 102 Å². The quantitative estimate of drug-likeness (QED) is 0.224. The maximum atomic E-state index is 12.3. The van der Waals surface area contributed by atoms with E-state index in [-0.39, 0.29) is 53.2 Å². The molecule has 4 aliphatic heterocycles. The Hall–Kier alpha value is -4.56. The van der Waals surface area contributed by atoms with Crippen LogP contribution in [0.3, 0.4) is 0 Å². The van der Waals surface area contributed by atoms with Crippen LogP contribution in [0.5, 0.6) is 0 Å². The first-order valence-electron chi connectivity index (χ1n) is 16.5. The van der Waals surface area contributed by atoms with Crippen molar-refractivity contribution in [2.75, 3.05) is 14.2 Å². The van der Waals surface area contributed by atoms with Crippen molar-refractivity contribution < 1.29 is 35.6 Å². The normalized spacial score (nSPS) is 23.0. The molecular weight excluding hydrogens is 661 g/mol. The zero-order chi connectivity index (χ0) is 33.9. The number of aromatic nitrogens is 2. The second-order valence-corrected chi connectivity index (χ2v) is 12.9. The summed E-state index contributed by atoms with van der Waals surface area (Å²) < 4.78 is 9.97. The number of ether oxygens (including phenoxy) is 2. The van der Waals surface area contributed by atoms with Gasteiger partial charge in [0.15, 0.2) is 0 Å². The number of fused-ring (bicyclic) bond motifs is 8. The molecule has 9 nitrogen and oxygen atoms in total. The molecule has 0 aromatic carbocycles. The first-order valence-corrected chi connectivity index (χ1v) is 16.5. The molecule has 2 aromatic rings. The molecule has 7 rings (SSSR count). The number of carbonyl (C=O) groups is 2. The number of aryl methyl sites for hydroxylation is 1. The van der Waals surface area contributed by atoms with Gasteiger partial charge in [0.1, 0.15) is 0 Å². The SMILES string of the molecule is CCC1=C(C)/C2=C/C3=NC(=C\c4[n-]c(c(C)c4CCC(=O)OC)/C=C4\N=C5c6c(ncc(C)c64)C=CC5C1[N-]2)/C(CCC(=O)OC)=C3C.[Ni+2]. The maximum Gasteiger partial charge on any atom is 2.00 e. The molecule has 2 atom stereocenters. The third-order valence-electron chi connectivity index (χ3n) is 10.3. The molecular formula is C39H39N5NiO4. The van der Waals surface area contributed by atoms with Crippen molar-refractivity contribution in [1.82, 2.24) is 9.97 Å². The van der Waals surface area contributed by atoms with Crippen LogP contribution in [-0.2, 0) is 42.0 Å². The molecule has 1 aliphatic carbocycles. The summed E-state index contributed by atoms with van der Waals surface area (Å²) in [5.74, 6) is -0.613. The van der Waals surface area contributed by atoms with Gasteiger partial charge in [-0.15, -0.1) is 17.1 Å². The Morgan fingerprint density at radius 1 is 0.878 bits per heavy atom. The minimum absolute atomic E-state index is 0. The number of hydrogen-bond acceptors (Lipinski definition) is 7. The van der Waals surface area contributed by atoms with Crippen LogP contribution in [0.2, 0.25) is 0 Å². The van der Waals surface area contributed by atoms with Gasteiger partial charge in [0.05, 0.1) is 42.7 Å². The average Bonchev–Trinajstić information content (AvgIpc) is 3.78. The average molecular weight is 700 g/mol. The second kappa shape index (κ2) is 13.4. The molecule has 2 unspecified atom stereocenters. The van der Waals surface area contributed by atoms with Crippen LogP contribution in [0.1, 0.15) is 91.4 Å². The first kappa shape index (κ1) is 34.3. The standard InChI is InChI=1S/C39H39N5O4.Ni/c1-8-23-20(3)30-15-28-21(4)24(10-13-34(45)47-6)31(41-28)17-32-25(11-14-35(46)48-7)22(5)29(42-32)16-33-36-19(2)18-40-27-12-9-26(38(23)43-30)39(44-33)37(27)36;/h9,12,15-18,26,38H,8,10-11,13-14H2,1-7H3;/q-2;+2.